The lowest BCUT2D eigenvalue weighted by Crippen LogP contribution is -2.58. The van der Waals surface area contributed by atoms with E-state index in [9.17, 15) is 4.79 Å². The van der Waals surface area contributed by atoms with Gasteiger partial charge in [-0.3, -0.25) is 4.90 Å². The van der Waals surface area contributed by atoms with Crippen molar-refractivity contribution >= 4 is 28.9 Å². The number of thiocarbonyl (C=S) groups is 1. The standard InChI is InChI=1S/C14H16N2O2S/c1-18-10-7-5-9(6-8-10)16-12-4-2-3-11(12)13(19)15-14(16)17/h5-8,11-12H,2-4H2,1H3,(H,15,17,19). The lowest BCUT2D eigenvalue weighted by Gasteiger charge is -2.38. The molecule has 1 aromatic carbocycles. The van der Waals surface area contributed by atoms with E-state index in [2.05, 4.69) is 5.32 Å². The quantitative estimate of drug-likeness (QED) is 0.844. The summed E-state index contributed by atoms with van der Waals surface area (Å²) < 4.78 is 5.15. The first-order chi connectivity index (χ1) is 9.20. The molecule has 2 unspecified atom stereocenters. The molecule has 0 spiro atoms. The Balaban J connectivity index is 1.92. The van der Waals surface area contributed by atoms with Crippen molar-refractivity contribution in [1.29, 1.82) is 0 Å². The molecule has 1 aromatic rings. The minimum absolute atomic E-state index is 0.113. The maximum absolute atomic E-state index is 12.2. The van der Waals surface area contributed by atoms with Crippen LogP contribution in [0.4, 0.5) is 10.5 Å². The van der Waals surface area contributed by atoms with E-state index >= 15 is 0 Å². The molecule has 5 heteroatoms. The maximum atomic E-state index is 12.2. The predicted molar refractivity (Wildman–Crippen MR) is 77.7 cm³/mol. The Morgan fingerprint density at radius 1 is 1.32 bits per heavy atom. The maximum Gasteiger partial charge on any atom is 0.326 e. The molecule has 19 heavy (non-hydrogen) atoms. The van der Waals surface area contributed by atoms with Crippen LogP contribution in [0.5, 0.6) is 5.75 Å². The fourth-order valence-corrected chi connectivity index (χ4v) is 3.38. The van der Waals surface area contributed by atoms with Gasteiger partial charge in [0.1, 0.15) is 5.75 Å². The van der Waals surface area contributed by atoms with Crippen molar-refractivity contribution in [2.75, 3.05) is 12.0 Å². The van der Waals surface area contributed by atoms with Gasteiger partial charge in [-0.2, -0.15) is 0 Å². The monoisotopic (exact) mass is 276 g/mol. The number of benzene rings is 1. The first-order valence-electron chi connectivity index (χ1n) is 6.49. The number of nitrogens with zero attached hydrogens (tertiary/aromatic N) is 1. The summed E-state index contributed by atoms with van der Waals surface area (Å²) in [5.74, 6) is 1.09. The summed E-state index contributed by atoms with van der Waals surface area (Å²) >= 11 is 5.28. The van der Waals surface area contributed by atoms with Gasteiger partial charge in [-0.25, -0.2) is 4.79 Å². The minimum atomic E-state index is -0.113. The summed E-state index contributed by atoms with van der Waals surface area (Å²) in [6.07, 6.45) is 3.21. The van der Waals surface area contributed by atoms with Crippen molar-refractivity contribution in [1.82, 2.24) is 5.32 Å². The second-order valence-electron chi connectivity index (χ2n) is 4.97. The second-order valence-corrected chi connectivity index (χ2v) is 5.41. The van der Waals surface area contributed by atoms with E-state index in [0.29, 0.717) is 10.9 Å². The van der Waals surface area contributed by atoms with Crippen molar-refractivity contribution in [3.8, 4) is 5.75 Å². The molecular weight excluding hydrogens is 260 g/mol. The fourth-order valence-electron chi connectivity index (χ4n) is 3.02. The minimum Gasteiger partial charge on any atom is -0.497 e. The van der Waals surface area contributed by atoms with Gasteiger partial charge >= 0.3 is 6.03 Å². The van der Waals surface area contributed by atoms with Crippen LogP contribution in [0.2, 0.25) is 0 Å². The highest BCUT2D eigenvalue weighted by Gasteiger charge is 2.42. The van der Waals surface area contributed by atoms with Gasteiger partial charge in [-0.15, -0.1) is 0 Å². The van der Waals surface area contributed by atoms with Gasteiger partial charge in [-0.1, -0.05) is 18.6 Å². The van der Waals surface area contributed by atoms with Crippen molar-refractivity contribution < 1.29 is 9.53 Å². The van der Waals surface area contributed by atoms with E-state index in [4.69, 9.17) is 17.0 Å². The largest absolute Gasteiger partial charge is 0.497 e. The molecule has 2 fully saturated rings. The number of fused-ring (bicyclic) bond motifs is 1. The normalized spacial score (nSPS) is 26.1. The molecule has 0 bridgehead atoms. The lowest BCUT2D eigenvalue weighted by molar-refractivity contribution is 0.244. The number of methoxy groups -OCH3 is 1. The number of ether oxygens (including phenoxy) is 1. The highest BCUT2D eigenvalue weighted by atomic mass is 32.1. The van der Waals surface area contributed by atoms with Gasteiger partial charge in [0.05, 0.1) is 12.1 Å². The van der Waals surface area contributed by atoms with Crippen LogP contribution in [0.15, 0.2) is 24.3 Å². The van der Waals surface area contributed by atoms with Crippen LogP contribution in [0, 0.1) is 5.92 Å². The zero-order valence-corrected chi connectivity index (χ0v) is 11.6. The van der Waals surface area contributed by atoms with E-state index in [1.165, 1.54) is 0 Å². The molecule has 1 heterocycles. The number of urea groups is 1. The van der Waals surface area contributed by atoms with Crippen molar-refractivity contribution in [3.63, 3.8) is 0 Å². The number of amides is 2. The highest BCUT2D eigenvalue weighted by molar-refractivity contribution is 7.80. The van der Waals surface area contributed by atoms with Crippen LogP contribution < -0.4 is 15.0 Å². The number of anilines is 1. The third-order valence-corrected chi connectivity index (χ3v) is 4.35. The average Bonchev–Trinajstić information content (AvgIpc) is 2.89. The van der Waals surface area contributed by atoms with Crippen LogP contribution in [-0.4, -0.2) is 24.2 Å². The summed E-state index contributed by atoms with van der Waals surface area (Å²) in [6.45, 7) is 0. The van der Waals surface area contributed by atoms with Crippen molar-refractivity contribution in [3.05, 3.63) is 24.3 Å². The molecule has 0 radical (unpaired) electrons. The summed E-state index contributed by atoms with van der Waals surface area (Å²) in [7, 11) is 1.63. The third-order valence-electron chi connectivity index (χ3n) is 3.95. The van der Waals surface area contributed by atoms with E-state index in [1.54, 1.807) is 7.11 Å². The Kier molecular flexibility index (Phi) is 3.14. The summed E-state index contributed by atoms with van der Waals surface area (Å²) in [5.41, 5.74) is 0.901. The summed E-state index contributed by atoms with van der Waals surface area (Å²) in [5, 5.41) is 2.82. The van der Waals surface area contributed by atoms with Crippen molar-refractivity contribution in [2.24, 2.45) is 5.92 Å². The molecule has 2 atom stereocenters. The van der Waals surface area contributed by atoms with Gasteiger partial charge in [0.2, 0.25) is 0 Å². The number of carbonyl (C=O) groups is 1. The number of nitrogens with one attached hydrogen (secondary N) is 1. The number of hydrogen-bond donors (Lipinski definition) is 1. The Labute approximate surface area is 117 Å². The number of carbonyl (C=O) groups excluding carboxylic acids is 1. The molecule has 1 saturated carbocycles. The van der Waals surface area contributed by atoms with Gasteiger partial charge < -0.3 is 10.1 Å². The summed E-state index contributed by atoms with van der Waals surface area (Å²) in [6, 6.07) is 7.68. The molecule has 1 N–H and O–H groups in total. The van der Waals surface area contributed by atoms with Crippen LogP contribution in [0.1, 0.15) is 19.3 Å². The zero-order chi connectivity index (χ0) is 13.4. The smallest absolute Gasteiger partial charge is 0.326 e. The van der Waals surface area contributed by atoms with Crippen LogP contribution in [0.25, 0.3) is 0 Å². The second kappa shape index (κ2) is 4.81. The number of rotatable bonds is 2. The van der Waals surface area contributed by atoms with E-state index in [1.807, 2.05) is 29.2 Å². The van der Waals surface area contributed by atoms with E-state index < -0.39 is 0 Å². The first-order valence-corrected chi connectivity index (χ1v) is 6.89. The topological polar surface area (TPSA) is 41.6 Å². The molecule has 0 aromatic heterocycles. The Morgan fingerprint density at radius 2 is 2.05 bits per heavy atom. The molecule has 100 valence electrons. The molecule has 1 saturated heterocycles. The fraction of sp³-hybridized carbons (Fsp3) is 0.429. The van der Waals surface area contributed by atoms with E-state index in [0.717, 1.165) is 30.7 Å². The molecular formula is C14H16N2O2S. The van der Waals surface area contributed by atoms with Crippen LogP contribution in [0.3, 0.4) is 0 Å². The Morgan fingerprint density at radius 3 is 2.74 bits per heavy atom. The molecule has 1 aliphatic heterocycles. The number of hydrogen-bond acceptors (Lipinski definition) is 3. The SMILES string of the molecule is COc1ccc(N2C(=O)NC(=S)C3CCCC32)cc1. The Hall–Kier alpha value is -1.62. The molecule has 4 nitrogen and oxygen atoms in total. The zero-order valence-electron chi connectivity index (χ0n) is 10.8. The summed E-state index contributed by atoms with van der Waals surface area (Å²) in [4.78, 5) is 14.7. The average molecular weight is 276 g/mol. The molecule has 2 amide bonds. The predicted octanol–water partition coefficient (Wildman–Crippen LogP) is 2.72. The lowest BCUT2D eigenvalue weighted by atomic mass is 9.99. The third kappa shape index (κ3) is 2.08. The van der Waals surface area contributed by atoms with E-state index in [-0.39, 0.29) is 12.1 Å². The van der Waals surface area contributed by atoms with Crippen LogP contribution >= 0.6 is 12.2 Å². The van der Waals surface area contributed by atoms with Gasteiger partial charge in [-0.05, 0) is 37.1 Å². The van der Waals surface area contributed by atoms with Gasteiger partial charge in [0.15, 0.2) is 0 Å². The first kappa shape index (κ1) is 12.4. The van der Waals surface area contributed by atoms with Gasteiger partial charge in [0, 0.05) is 17.6 Å². The molecule has 2 aliphatic rings. The molecule has 3 rings (SSSR count). The Bertz CT molecular complexity index is 515. The van der Waals surface area contributed by atoms with Gasteiger partial charge in [0.25, 0.3) is 0 Å². The van der Waals surface area contributed by atoms with Crippen molar-refractivity contribution in [2.45, 2.75) is 25.3 Å². The molecule has 1 aliphatic carbocycles. The highest BCUT2D eigenvalue weighted by Crippen LogP contribution is 2.36. The van der Waals surface area contributed by atoms with Crippen LogP contribution in [-0.2, 0) is 0 Å².